The van der Waals surface area contributed by atoms with Crippen LogP contribution in [0, 0.1) is 11.7 Å². The van der Waals surface area contributed by atoms with Crippen molar-refractivity contribution >= 4 is 17.6 Å². The van der Waals surface area contributed by atoms with E-state index >= 15 is 0 Å². The first-order chi connectivity index (χ1) is 13.1. The Hall–Kier alpha value is -2.37. The van der Waals surface area contributed by atoms with Crippen LogP contribution in [0.2, 0.25) is 0 Å². The van der Waals surface area contributed by atoms with E-state index in [0.29, 0.717) is 32.4 Å². The lowest BCUT2D eigenvalue weighted by Gasteiger charge is -2.30. The van der Waals surface area contributed by atoms with Gasteiger partial charge in [0.05, 0.1) is 13.0 Å². The molecule has 0 aromatic heterocycles. The first kappa shape index (κ1) is 21.9. The summed E-state index contributed by atoms with van der Waals surface area (Å²) >= 11 is 0. The molecule has 0 N–H and O–H groups in total. The molecule has 154 valence electrons. The fourth-order valence-electron chi connectivity index (χ4n) is 3.28. The van der Waals surface area contributed by atoms with Gasteiger partial charge in [0.15, 0.2) is 0 Å². The third kappa shape index (κ3) is 5.81. The van der Waals surface area contributed by atoms with E-state index in [4.69, 9.17) is 9.47 Å². The molecule has 1 aliphatic heterocycles. The van der Waals surface area contributed by atoms with E-state index in [-0.39, 0.29) is 23.8 Å². The normalized spacial score (nSPS) is 15.6. The van der Waals surface area contributed by atoms with E-state index in [1.807, 2.05) is 33.8 Å². The third-order valence-corrected chi connectivity index (χ3v) is 4.77. The molecular formula is C22H30FNO4. The maximum atomic E-state index is 13.9. The Morgan fingerprint density at radius 3 is 2.54 bits per heavy atom. The predicted octanol–water partition coefficient (Wildman–Crippen LogP) is 4.59. The van der Waals surface area contributed by atoms with Crippen molar-refractivity contribution in [1.29, 1.82) is 0 Å². The summed E-state index contributed by atoms with van der Waals surface area (Å²) in [6.45, 7) is 8.41. The number of carbonyl (C=O) groups is 2. The average molecular weight is 391 g/mol. The van der Waals surface area contributed by atoms with Gasteiger partial charge in [-0.05, 0) is 68.9 Å². The van der Waals surface area contributed by atoms with Gasteiger partial charge in [-0.2, -0.15) is 0 Å². The van der Waals surface area contributed by atoms with Crippen molar-refractivity contribution in [2.45, 2.75) is 52.6 Å². The lowest BCUT2D eigenvalue weighted by Crippen LogP contribution is -2.39. The van der Waals surface area contributed by atoms with Crippen LogP contribution >= 0.6 is 0 Å². The van der Waals surface area contributed by atoms with E-state index in [2.05, 4.69) is 0 Å². The van der Waals surface area contributed by atoms with Crippen LogP contribution < -0.4 is 0 Å². The number of carbonyl (C=O) groups excluding carboxylic acids is 2. The zero-order valence-corrected chi connectivity index (χ0v) is 17.4. The first-order valence-electron chi connectivity index (χ1n) is 9.68. The summed E-state index contributed by atoms with van der Waals surface area (Å²) in [4.78, 5) is 25.9. The number of rotatable bonds is 5. The zero-order valence-electron chi connectivity index (χ0n) is 17.4. The molecule has 1 aromatic carbocycles. The zero-order chi connectivity index (χ0) is 20.9. The molecule has 0 radical (unpaired) electrons. The Bertz CT molecular complexity index is 751. The lowest BCUT2D eigenvalue weighted by atomic mass is 9.88. The molecule has 0 aliphatic carbocycles. The molecule has 1 unspecified atom stereocenters. The van der Waals surface area contributed by atoms with Crippen LogP contribution in [0.3, 0.4) is 0 Å². The smallest absolute Gasteiger partial charge is 0.410 e. The summed E-state index contributed by atoms with van der Waals surface area (Å²) in [5.74, 6) is -0.926. The van der Waals surface area contributed by atoms with Crippen LogP contribution in [0.4, 0.5) is 9.18 Å². The molecule has 0 saturated carbocycles. The van der Waals surface area contributed by atoms with E-state index in [9.17, 15) is 14.0 Å². The Morgan fingerprint density at radius 1 is 1.29 bits per heavy atom. The highest BCUT2D eigenvalue weighted by atomic mass is 19.1. The SMILES string of the molecule is CCC(Cc1cc(F)ccc1C1=CCN(C(=O)OC(C)(C)C)CC1)C(=O)OC. The van der Waals surface area contributed by atoms with E-state index < -0.39 is 5.60 Å². The summed E-state index contributed by atoms with van der Waals surface area (Å²) in [5, 5.41) is 0. The van der Waals surface area contributed by atoms with Gasteiger partial charge in [-0.15, -0.1) is 0 Å². The van der Waals surface area contributed by atoms with Crippen LogP contribution in [0.25, 0.3) is 5.57 Å². The van der Waals surface area contributed by atoms with Gasteiger partial charge in [0.2, 0.25) is 0 Å². The molecule has 1 atom stereocenters. The summed E-state index contributed by atoms with van der Waals surface area (Å²) in [7, 11) is 1.37. The molecule has 1 aliphatic rings. The highest BCUT2D eigenvalue weighted by molar-refractivity contribution is 5.75. The highest BCUT2D eigenvalue weighted by Crippen LogP contribution is 2.29. The monoisotopic (exact) mass is 391 g/mol. The number of halogens is 1. The number of benzene rings is 1. The highest BCUT2D eigenvalue weighted by Gasteiger charge is 2.25. The average Bonchev–Trinajstić information content (AvgIpc) is 2.64. The minimum Gasteiger partial charge on any atom is -0.469 e. The molecule has 6 heteroatoms. The van der Waals surface area contributed by atoms with Crippen molar-refractivity contribution in [3.63, 3.8) is 0 Å². The molecule has 28 heavy (non-hydrogen) atoms. The molecule has 1 heterocycles. The molecule has 0 bridgehead atoms. The van der Waals surface area contributed by atoms with Crippen molar-refractivity contribution in [3.8, 4) is 0 Å². The van der Waals surface area contributed by atoms with E-state index in [1.54, 1.807) is 11.0 Å². The number of amides is 1. The second-order valence-corrected chi connectivity index (χ2v) is 8.04. The Kier molecular flexibility index (Phi) is 7.22. The van der Waals surface area contributed by atoms with Gasteiger partial charge >= 0.3 is 12.1 Å². The Balaban J connectivity index is 2.20. The van der Waals surface area contributed by atoms with E-state index in [1.165, 1.54) is 19.2 Å². The van der Waals surface area contributed by atoms with Crippen molar-refractivity contribution in [3.05, 3.63) is 41.2 Å². The fourth-order valence-corrected chi connectivity index (χ4v) is 3.28. The minimum atomic E-state index is -0.533. The minimum absolute atomic E-state index is 0.286. The topological polar surface area (TPSA) is 55.8 Å². The number of ether oxygens (including phenoxy) is 2. The van der Waals surface area contributed by atoms with Gasteiger partial charge in [-0.1, -0.05) is 19.1 Å². The summed E-state index contributed by atoms with van der Waals surface area (Å²) in [5.41, 5.74) is 2.23. The summed E-state index contributed by atoms with van der Waals surface area (Å²) in [6, 6.07) is 4.67. The molecule has 5 nitrogen and oxygen atoms in total. The molecule has 2 rings (SSSR count). The molecule has 0 fully saturated rings. The second kappa shape index (κ2) is 9.22. The lowest BCUT2D eigenvalue weighted by molar-refractivity contribution is -0.145. The van der Waals surface area contributed by atoms with Crippen molar-refractivity contribution in [2.24, 2.45) is 5.92 Å². The molecular weight excluding hydrogens is 361 g/mol. The molecule has 1 aromatic rings. The van der Waals surface area contributed by atoms with Crippen LogP contribution in [0.15, 0.2) is 24.3 Å². The third-order valence-electron chi connectivity index (χ3n) is 4.77. The van der Waals surface area contributed by atoms with Gasteiger partial charge in [-0.25, -0.2) is 9.18 Å². The fraction of sp³-hybridized carbons (Fsp3) is 0.545. The van der Waals surface area contributed by atoms with Gasteiger partial charge in [0, 0.05) is 13.1 Å². The maximum absolute atomic E-state index is 13.9. The first-order valence-corrected chi connectivity index (χ1v) is 9.68. The summed E-state index contributed by atoms with van der Waals surface area (Å²) in [6.07, 6.45) is 3.33. The van der Waals surface area contributed by atoms with Crippen molar-refractivity contribution < 1.29 is 23.5 Å². The number of esters is 1. The predicted molar refractivity (Wildman–Crippen MR) is 106 cm³/mol. The van der Waals surface area contributed by atoms with Crippen LogP contribution in [0.1, 0.15) is 51.7 Å². The van der Waals surface area contributed by atoms with Gasteiger partial charge in [-0.3, -0.25) is 4.79 Å². The number of methoxy groups -OCH3 is 1. The van der Waals surface area contributed by atoms with Crippen molar-refractivity contribution in [1.82, 2.24) is 4.90 Å². The van der Waals surface area contributed by atoms with Crippen LogP contribution in [-0.2, 0) is 20.7 Å². The van der Waals surface area contributed by atoms with Gasteiger partial charge < -0.3 is 14.4 Å². The largest absolute Gasteiger partial charge is 0.469 e. The van der Waals surface area contributed by atoms with E-state index in [0.717, 1.165) is 16.7 Å². The van der Waals surface area contributed by atoms with Crippen LogP contribution in [-0.4, -0.2) is 42.8 Å². The quantitative estimate of drug-likeness (QED) is 0.689. The number of nitrogens with zero attached hydrogens (tertiary/aromatic N) is 1. The Morgan fingerprint density at radius 2 is 2.00 bits per heavy atom. The van der Waals surface area contributed by atoms with Gasteiger partial charge in [0.1, 0.15) is 11.4 Å². The summed E-state index contributed by atoms with van der Waals surface area (Å²) < 4.78 is 24.2. The molecule has 1 amide bonds. The Labute approximate surface area is 166 Å². The van der Waals surface area contributed by atoms with Gasteiger partial charge in [0.25, 0.3) is 0 Å². The van der Waals surface area contributed by atoms with Crippen LogP contribution in [0.5, 0.6) is 0 Å². The standard InChI is InChI=1S/C22H30FNO4/c1-6-15(20(25)27-5)13-17-14-18(23)7-8-19(17)16-9-11-24(12-10-16)21(26)28-22(2,3)4/h7-9,14-15H,6,10-13H2,1-5H3. The second-order valence-electron chi connectivity index (χ2n) is 8.04. The molecule has 0 saturated heterocycles. The van der Waals surface area contributed by atoms with Crippen molar-refractivity contribution in [2.75, 3.05) is 20.2 Å². The molecule has 0 spiro atoms. The number of hydrogen-bond acceptors (Lipinski definition) is 4. The number of hydrogen-bond donors (Lipinski definition) is 0. The maximum Gasteiger partial charge on any atom is 0.410 e.